The van der Waals surface area contributed by atoms with Crippen LogP contribution in [0.25, 0.3) is 0 Å². The Hall–Kier alpha value is -2.18. The van der Waals surface area contributed by atoms with E-state index in [4.69, 9.17) is 10.1 Å². The Morgan fingerprint density at radius 3 is 2.74 bits per heavy atom. The van der Waals surface area contributed by atoms with Crippen LogP contribution >= 0.6 is 22.6 Å². The van der Waals surface area contributed by atoms with Crippen molar-refractivity contribution in [3.63, 3.8) is 0 Å². The molecule has 0 atom stereocenters. The third-order valence-electron chi connectivity index (χ3n) is 2.90. The monoisotopic (exact) mass is 425 g/mol. The van der Waals surface area contributed by atoms with Gasteiger partial charge in [-0.05, 0) is 65.9 Å². The van der Waals surface area contributed by atoms with Gasteiger partial charge in [-0.15, -0.1) is 0 Å². The molecule has 7 heteroatoms. The van der Waals surface area contributed by atoms with E-state index in [0.29, 0.717) is 17.9 Å². The van der Waals surface area contributed by atoms with Crippen LogP contribution in [0.15, 0.2) is 36.4 Å². The highest BCUT2D eigenvalue weighted by molar-refractivity contribution is 14.1. The second-order valence-corrected chi connectivity index (χ2v) is 5.73. The van der Waals surface area contributed by atoms with Crippen LogP contribution in [0.1, 0.15) is 22.8 Å². The minimum Gasteiger partial charge on any atom is -0.352 e. The molecule has 0 aliphatic heterocycles. The Balaban J connectivity index is 2.38. The number of nitrogens with zero attached hydrogens (tertiary/aromatic N) is 1. The molecular weight excluding hydrogens is 412 g/mol. The van der Waals surface area contributed by atoms with E-state index in [0.717, 1.165) is 3.57 Å². The fourth-order valence-electron chi connectivity index (χ4n) is 1.84. The Labute approximate surface area is 146 Å². The minimum atomic E-state index is -0.482. The number of nitriles is 1. The second-order valence-electron chi connectivity index (χ2n) is 4.49. The van der Waals surface area contributed by atoms with Gasteiger partial charge in [-0.1, -0.05) is 0 Å². The molecule has 0 heterocycles. The predicted molar refractivity (Wildman–Crippen MR) is 92.6 cm³/mol. The molecule has 0 radical (unpaired) electrons. The summed E-state index contributed by atoms with van der Waals surface area (Å²) in [5, 5.41) is 11.9. The second kappa shape index (κ2) is 7.89. The first kappa shape index (κ1) is 17.2. The molecule has 0 aliphatic carbocycles. The van der Waals surface area contributed by atoms with E-state index in [-0.39, 0.29) is 11.3 Å². The van der Waals surface area contributed by atoms with Gasteiger partial charge in [0.1, 0.15) is 5.82 Å². The van der Waals surface area contributed by atoms with Crippen molar-refractivity contribution in [2.45, 2.75) is 6.92 Å². The van der Waals surface area contributed by atoms with Crippen LogP contribution in [-0.2, 0) is 4.84 Å². The summed E-state index contributed by atoms with van der Waals surface area (Å²) in [6.07, 6.45) is 0. The maximum absolute atomic E-state index is 14.0. The number of hydrogen-bond donors (Lipinski definition) is 2. The van der Waals surface area contributed by atoms with E-state index in [1.165, 1.54) is 24.3 Å². The van der Waals surface area contributed by atoms with Gasteiger partial charge in [-0.25, -0.2) is 9.87 Å². The van der Waals surface area contributed by atoms with Gasteiger partial charge in [-0.3, -0.25) is 9.63 Å². The maximum atomic E-state index is 14.0. The summed E-state index contributed by atoms with van der Waals surface area (Å²) in [7, 11) is 0. The summed E-state index contributed by atoms with van der Waals surface area (Å²) in [4.78, 5) is 17.0. The summed E-state index contributed by atoms with van der Waals surface area (Å²) >= 11 is 2.01. The van der Waals surface area contributed by atoms with Gasteiger partial charge in [0.25, 0.3) is 5.91 Å². The first-order chi connectivity index (χ1) is 11.0. The summed E-state index contributed by atoms with van der Waals surface area (Å²) in [6.45, 7) is 2.05. The molecule has 2 aromatic rings. The quantitative estimate of drug-likeness (QED) is 0.566. The van der Waals surface area contributed by atoms with Crippen molar-refractivity contribution in [3.8, 4) is 6.07 Å². The van der Waals surface area contributed by atoms with E-state index >= 15 is 0 Å². The number of halogens is 2. The molecule has 5 nitrogen and oxygen atoms in total. The average Bonchev–Trinajstić information content (AvgIpc) is 2.55. The van der Waals surface area contributed by atoms with Crippen LogP contribution in [0.4, 0.5) is 15.8 Å². The van der Waals surface area contributed by atoms with Gasteiger partial charge < -0.3 is 5.32 Å². The van der Waals surface area contributed by atoms with E-state index in [1.54, 1.807) is 19.1 Å². The molecule has 2 N–H and O–H groups in total. The third kappa shape index (κ3) is 4.40. The van der Waals surface area contributed by atoms with Crippen molar-refractivity contribution in [1.82, 2.24) is 5.48 Å². The van der Waals surface area contributed by atoms with Crippen LogP contribution in [0.2, 0.25) is 0 Å². The van der Waals surface area contributed by atoms with Gasteiger partial charge in [0.15, 0.2) is 0 Å². The molecule has 0 aliphatic rings. The molecule has 0 spiro atoms. The smallest absolute Gasteiger partial charge is 0.276 e. The SMILES string of the molecule is CCONC(=O)c1ccc(C#N)cc1Nc1ccc(I)cc1F. The van der Waals surface area contributed by atoms with Gasteiger partial charge in [0.05, 0.1) is 35.2 Å². The molecule has 1 amide bonds. The number of nitrogens with one attached hydrogen (secondary N) is 2. The number of carbonyl (C=O) groups excluding carboxylic acids is 1. The highest BCUT2D eigenvalue weighted by Gasteiger charge is 2.14. The maximum Gasteiger partial charge on any atom is 0.276 e. The first-order valence-electron chi connectivity index (χ1n) is 6.73. The number of amides is 1. The molecule has 0 saturated heterocycles. The molecule has 0 bridgehead atoms. The highest BCUT2D eigenvalue weighted by atomic mass is 127. The number of rotatable bonds is 5. The molecule has 0 fully saturated rings. The Kier molecular flexibility index (Phi) is 5.90. The Bertz CT molecular complexity index is 774. The molecule has 0 saturated carbocycles. The number of benzene rings is 2. The van der Waals surface area contributed by atoms with Gasteiger partial charge in [0.2, 0.25) is 0 Å². The van der Waals surface area contributed by atoms with Crippen molar-refractivity contribution in [1.29, 1.82) is 5.26 Å². The van der Waals surface area contributed by atoms with E-state index in [1.807, 2.05) is 28.7 Å². The van der Waals surface area contributed by atoms with Crippen LogP contribution in [-0.4, -0.2) is 12.5 Å². The van der Waals surface area contributed by atoms with Crippen molar-refractivity contribution < 1.29 is 14.0 Å². The Morgan fingerprint density at radius 1 is 1.30 bits per heavy atom. The van der Waals surface area contributed by atoms with Crippen molar-refractivity contribution in [3.05, 3.63) is 56.9 Å². The predicted octanol–water partition coefficient (Wildman–Crippen LogP) is 3.73. The summed E-state index contributed by atoms with van der Waals surface area (Å²) < 4.78 is 14.8. The number of hydrogen-bond acceptors (Lipinski definition) is 4. The van der Waals surface area contributed by atoms with Crippen LogP contribution in [0, 0.1) is 20.7 Å². The van der Waals surface area contributed by atoms with Crippen molar-refractivity contribution >= 4 is 39.9 Å². The normalized spacial score (nSPS) is 10.0. The lowest BCUT2D eigenvalue weighted by molar-refractivity contribution is 0.0365. The largest absolute Gasteiger partial charge is 0.352 e. The number of hydroxylamine groups is 1. The van der Waals surface area contributed by atoms with E-state index < -0.39 is 11.7 Å². The first-order valence-corrected chi connectivity index (χ1v) is 7.81. The van der Waals surface area contributed by atoms with E-state index in [9.17, 15) is 9.18 Å². The molecule has 2 rings (SSSR count). The molecule has 0 aromatic heterocycles. The fraction of sp³-hybridized carbons (Fsp3) is 0.125. The van der Waals surface area contributed by atoms with Gasteiger partial charge in [0, 0.05) is 3.57 Å². The fourth-order valence-corrected chi connectivity index (χ4v) is 2.30. The number of anilines is 2. The zero-order chi connectivity index (χ0) is 16.8. The standard InChI is InChI=1S/C16H13FIN3O2/c1-2-23-21-16(22)12-5-3-10(9-19)7-15(12)20-14-6-4-11(18)8-13(14)17/h3-8,20H,2H2,1H3,(H,21,22). The zero-order valence-corrected chi connectivity index (χ0v) is 14.3. The molecule has 0 unspecified atom stereocenters. The average molecular weight is 425 g/mol. The van der Waals surface area contributed by atoms with Crippen molar-refractivity contribution in [2.24, 2.45) is 0 Å². The molecule has 118 valence electrons. The number of carbonyl (C=O) groups is 1. The zero-order valence-electron chi connectivity index (χ0n) is 12.2. The van der Waals surface area contributed by atoms with Crippen LogP contribution in [0.3, 0.4) is 0 Å². The van der Waals surface area contributed by atoms with Gasteiger partial charge >= 0.3 is 0 Å². The Morgan fingerprint density at radius 2 is 2.09 bits per heavy atom. The van der Waals surface area contributed by atoms with E-state index in [2.05, 4.69) is 10.8 Å². The highest BCUT2D eigenvalue weighted by Crippen LogP contribution is 2.25. The van der Waals surface area contributed by atoms with Gasteiger partial charge in [-0.2, -0.15) is 5.26 Å². The summed E-state index contributed by atoms with van der Waals surface area (Å²) in [6, 6.07) is 11.1. The lowest BCUT2D eigenvalue weighted by Crippen LogP contribution is -2.24. The lowest BCUT2D eigenvalue weighted by atomic mass is 10.1. The summed E-state index contributed by atoms with van der Waals surface area (Å²) in [5.74, 6) is -0.930. The topological polar surface area (TPSA) is 74.1 Å². The van der Waals surface area contributed by atoms with Crippen molar-refractivity contribution in [2.75, 3.05) is 11.9 Å². The van der Waals surface area contributed by atoms with Crippen LogP contribution in [0.5, 0.6) is 0 Å². The van der Waals surface area contributed by atoms with Crippen LogP contribution < -0.4 is 10.8 Å². The molecule has 2 aromatic carbocycles. The minimum absolute atomic E-state index is 0.214. The summed E-state index contributed by atoms with van der Waals surface area (Å²) in [5.41, 5.74) is 3.41. The molecular formula is C16H13FIN3O2. The molecule has 23 heavy (non-hydrogen) atoms. The lowest BCUT2D eigenvalue weighted by Gasteiger charge is -2.13. The third-order valence-corrected chi connectivity index (χ3v) is 3.57.